The zero-order valence-corrected chi connectivity index (χ0v) is 44.1. The van der Waals surface area contributed by atoms with Gasteiger partial charge in [-0.2, -0.15) is 5.10 Å². The number of aryl methyl sites for hydroxylation is 1. The highest BCUT2D eigenvalue weighted by Gasteiger charge is 2.34. The summed E-state index contributed by atoms with van der Waals surface area (Å²) in [5.41, 5.74) is 7.80. The van der Waals surface area contributed by atoms with Gasteiger partial charge in [-0.3, -0.25) is 39.4 Å². The molecular weight excluding hydrogens is 967 g/mol. The minimum atomic E-state index is -1.12. The number of anilines is 3. The zero-order valence-electron chi connectivity index (χ0n) is 43.3. The number of imide groups is 1. The molecule has 0 spiro atoms. The van der Waals surface area contributed by atoms with E-state index in [-0.39, 0.29) is 42.3 Å². The number of carboxylic acid groups (broad SMARTS) is 1. The van der Waals surface area contributed by atoms with E-state index in [1.54, 1.807) is 11.7 Å². The molecule has 6 heterocycles. The Morgan fingerprint density at radius 2 is 1.69 bits per heavy atom. The van der Waals surface area contributed by atoms with Crippen LogP contribution in [0, 0.1) is 18.8 Å². The summed E-state index contributed by atoms with van der Waals surface area (Å²) in [6, 6.07) is 27.0. The average Bonchev–Trinajstić information content (AvgIpc) is 3.98. The van der Waals surface area contributed by atoms with Gasteiger partial charge in [-0.25, -0.2) is 14.8 Å². The zero-order chi connectivity index (χ0) is 52.7. The van der Waals surface area contributed by atoms with Crippen LogP contribution in [0.3, 0.4) is 0 Å². The molecule has 2 fully saturated rings. The van der Waals surface area contributed by atoms with Crippen molar-refractivity contribution >= 4 is 78.7 Å². The maximum atomic E-state index is 13.8. The number of amides is 4. The van der Waals surface area contributed by atoms with Gasteiger partial charge in [-0.05, 0) is 134 Å². The van der Waals surface area contributed by atoms with Crippen molar-refractivity contribution in [3.63, 3.8) is 0 Å². The molecule has 10 rings (SSSR count). The Kier molecular flexibility index (Phi) is 14.3. The van der Waals surface area contributed by atoms with Crippen molar-refractivity contribution in [3.8, 4) is 16.9 Å². The number of nitrogens with one attached hydrogen (secondary N) is 3. The Hall–Kier alpha value is -7.50. The van der Waals surface area contributed by atoms with Crippen molar-refractivity contribution in [2.75, 3.05) is 48.3 Å². The number of thiazole rings is 1. The molecule has 3 aliphatic heterocycles. The third-order valence-corrected chi connectivity index (χ3v) is 16.2. The molecule has 1 unspecified atom stereocenters. The fourth-order valence-electron chi connectivity index (χ4n) is 11.2. The van der Waals surface area contributed by atoms with E-state index in [1.165, 1.54) is 11.3 Å². The summed E-state index contributed by atoms with van der Waals surface area (Å²) in [4.78, 5) is 78.9. The van der Waals surface area contributed by atoms with Crippen LogP contribution in [0.1, 0.15) is 115 Å². The number of carbonyl (C=O) groups excluding carboxylic acids is 4. The molecule has 0 saturated carbocycles. The number of ether oxygens (including phenoxy) is 1. The third-order valence-electron chi connectivity index (χ3n) is 15.3. The standard InChI is InChI=1S/C58H63N9O7S/c1-33(35-22-26-66(27-23-35)32-49(69)59-44-17-10-15-39-51(64-65(6)53(39)44)40-20-21-48(68)62-55(40)71)25-29-74-45-18-11-13-37(34(45)2)50-42(58(3,4)5)30-47(61-52(50)56(72)73)67-28-24-36-12-9-14-38(41(36)31-67)54(70)63-57-60-43-16-7-8-19-46(43)75-57/h7-19,30,33,35,40H,20-29,31-32H2,1-6H3,(H,59,69)(H,72,73)(H,60,63,70)(H,62,68,71)/t33-,40?/m1/s1. The number of hydrogen-bond acceptors (Lipinski definition) is 12. The maximum Gasteiger partial charge on any atom is 0.355 e. The molecule has 4 amide bonds. The highest BCUT2D eigenvalue weighted by molar-refractivity contribution is 7.22. The number of piperidine rings is 2. The van der Waals surface area contributed by atoms with Crippen molar-refractivity contribution in [2.45, 2.75) is 91.0 Å². The van der Waals surface area contributed by atoms with Crippen molar-refractivity contribution in [1.29, 1.82) is 0 Å². The quantitative estimate of drug-likeness (QED) is 0.0753. The Balaban J connectivity index is 0.774. The van der Waals surface area contributed by atoms with Crippen LogP contribution in [0.4, 0.5) is 16.6 Å². The molecule has 4 aromatic carbocycles. The second kappa shape index (κ2) is 21.0. The minimum absolute atomic E-state index is 0.0332. The molecule has 3 aliphatic rings. The van der Waals surface area contributed by atoms with E-state index in [9.17, 15) is 29.1 Å². The van der Waals surface area contributed by atoms with E-state index in [1.807, 2.05) is 91.9 Å². The Labute approximate surface area is 439 Å². The van der Waals surface area contributed by atoms with Crippen LogP contribution in [0.15, 0.2) is 84.9 Å². The number of benzene rings is 4. The number of carboxylic acids is 1. The lowest BCUT2D eigenvalue weighted by Gasteiger charge is -2.34. The summed E-state index contributed by atoms with van der Waals surface area (Å²) in [6.45, 7) is 13.8. The van der Waals surface area contributed by atoms with Crippen LogP contribution >= 0.6 is 11.3 Å². The summed E-state index contributed by atoms with van der Waals surface area (Å²) < 4.78 is 9.20. The highest BCUT2D eigenvalue weighted by atomic mass is 32.1. The third kappa shape index (κ3) is 10.6. The number of hydrogen-bond donors (Lipinski definition) is 4. The number of likely N-dealkylation sites (tertiary alicyclic amines) is 1. The van der Waals surface area contributed by atoms with Gasteiger partial charge in [0, 0.05) is 43.1 Å². The molecule has 4 N–H and O–H groups in total. The van der Waals surface area contributed by atoms with E-state index in [0.717, 1.165) is 81.3 Å². The summed E-state index contributed by atoms with van der Waals surface area (Å²) in [5.74, 6) is -0.562. The molecule has 388 valence electrons. The predicted octanol–water partition coefficient (Wildman–Crippen LogP) is 9.64. The maximum absolute atomic E-state index is 13.8. The number of rotatable bonds is 14. The molecule has 7 aromatic rings. The fourth-order valence-corrected chi connectivity index (χ4v) is 12.0. The number of aromatic carboxylic acids is 1. The van der Waals surface area contributed by atoms with Gasteiger partial charge < -0.3 is 20.1 Å². The predicted molar refractivity (Wildman–Crippen MR) is 292 cm³/mol. The van der Waals surface area contributed by atoms with Gasteiger partial charge in [-0.1, -0.05) is 87.6 Å². The number of nitrogens with zero attached hydrogens (tertiary/aromatic N) is 6. The minimum Gasteiger partial charge on any atom is -0.493 e. The normalized spacial score (nSPS) is 16.9. The Morgan fingerprint density at radius 1 is 0.920 bits per heavy atom. The molecule has 0 bridgehead atoms. The lowest BCUT2D eigenvalue weighted by Crippen LogP contribution is -2.40. The van der Waals surface area contributed by atoms with E-state index < -0.39 is 17.3 Å². The van der Waals surface area contributed by atoms with Gasteiger partial charge in [0.2, 0.25) is 17.7 Å². The molecule has 75 heavy (non-hydrogen) atoms. The van der Waals surface area contributed by atoms with E-state index >= 15 is 0 Å². The summed E-state index contributed by atoms with van der Waals surface area (Å²) in [6.07, 6.45) is 4.06. The van der Waals surface area contributed by atoms with Crippen LogP contribution < -0.4 is 25.6 Å². The van der Waals surface area contributed by atoms with E-state index in [2.05, 4.69) is 63.5 Å². The fraction of sp³-hybridized carbons (Fsp3) is 0.379. The molecule has 2 atom stereocenters. The molecular formula is C58H63N9O7S. The van der Waals surface area contributed by atoms with Gasteiger partial charge in [0.15, 0.2) is 10.8 Å². The lowest BCUT2D eigenvalue weighted by molar-refractivity contribution is -0.134. The number of pyridine rings is 1. The van der Waals surface area contributed by atoms with Crippen LogP contribution in [-0.2, 0) is 39.8 Å². The first-order valence-corrected chi connectivity index (χ1v) is 26.7. The molecule has 0 aliphatic carbocycles. The number of para-hydroxylation sites is 2. The number of carbonyl (C=O) groups is 5. The summed E-state index contributed by atoms with van der Waals surface area (Å²) in [7, 11) is 1.79. The van der Waals surface area contributed by atoms with Crippen LogP contribution in [0.25, 0.3) is 32.2 Å². The average molecular weight is 1030 g/mol. The summed E-state index contributed by atoms with van der Waals surface area (Å²) in [5, 5.41) is 25.4. The Morgan fingerprint density at radius 3 is 2.45 bits per heavy atom. The molecule has 16 nitrogen and oxygen atoms in total. The van der Waals surface area contributed by atoms with Crippen molar-refractivity contribution in [3.05, 3.63) is 124 Å². The first kappa shape index (κ1) is 51.0. The Bertz CT molecular complexity index is 3350. The lowest BCUT2D eigenvalue weighted by atomic mass is 9.80. The van der Waals surface area contributed by atoms with Crippen LogP contribution in [0.5, 0.6) is 5.75 Å². The molecule has 3 aromatic heterocycles. The van der Waals surface area contributed by atoms with E-state index in [0.29, 0.717) is 83.6 Å². The van der Waals surface area contributed by atoms with Gasteiger partial charge in [-0.15, -0.1) is 0 Å². The van der Waals surface area contributed by atoms with Gasteiger partial charge in [0.05, 0.1) is 46.2 Å². The second-order valence-corrected chi connectivity index (χ2v) is 22.3. The van der Waals surface area contributed by atoms with Gasteiger partial charge in [0.1, 0.15) is 11.6 Å². The van der Waals surface area contributed by atoms with Crippen LogP contribution in [-0.4, -0.2) is 92.1 Å². The van der Waals surface area contributed by atoms with Crippen LogP contribution in [0.2, 0.25) is 0 Å². The first-order valence-electron chi connectivity index (χ1n) is 25.9. The SMILES string of the molecule is Cc1c(OCC[C@@H](C)C2CCN(CC(=O)Nc3cccc4c(C5CCC(=O)NC5=O)nn(C)c34)CC2)cccc1-c1c(C(C)(C)C)cc(N2CCc3cccc(C(=O)Nc4nc5ccccc5s4)c3C2)nc1C(=O)O. The first-order chi connectivity index (χ1) is 36.0. The largest absolute Gasteiger partial charge is 0.493 e. The monoisotopic (exact) mass is 1030 g/mol. The highest BCUT2D eigenvalue weighted by Crippen LogP contribution is 2.42. The van der Waals surface area contributed by atoms with Gasteiger partial charge in [0.25, 0.3) is 5.91 Å². The summed E-state index contributed by atoms with van der Waals surface area (Å²) >= 11 is 1.43. The molecule has 17 heteroatoms. The van der Waals surface area contributed by atoms with Crippen molar-refractivity contribution in [2.24, 2.45) is 18.9 Å². The number of aromatic nitrogens is 4. The molecule has 2 saturated heterocycles. The van der Waals surface area contributed by atoms with Gasteiger partial charge >= 0.3 is 5.97 Å². The van der Waals surface area contributed by atoms with Crippen molar-refractivity contribution in [1.82, 2.24) is 30.0 Å². The smallest absolute Gasteiger partial charge is 0.355 e. The number of fused-ring (bicyclic) bond motifs is 3. The topological polar surface area (TPSA) is 201 Å². The van der Waals surface area contributed by atoms with Crippen molar-refractivity contribution < 1.29 is 33.8 Å². The molecule has 0 radical (unpaired) electrons. The second-order valence-electron chi connectivity index (χ2n) is 21.3. The van der Waals surface area contributed by atoms with E-state index in [4.69, 9.17) is 9.72 Å².